The molecule has 2 heterocycles. The summed E-state index contributed by atoms with van der Waals surface area (Å²) in [5.41, 5.74) is 5.54. The summed E-state index contributed by atoms with van der Waals surface area (Å²) in [6, 6.07) is 3.49. The second-order valence-electron chi connectivity index (χ2n) is 3.22. The van der Waals surface area contributed by atoms with E-state index in [-0.39, 0.29) is 12.1 Å². The summed E-state index contributed by atoms with van der Waals surface area (Å²) in [6.07, 6.45) is 2.76. The minimum atomic E-state index is -0.361. The van der Waals surface area contributed by atoms with Crippen molar-refractivity contribution in [3.8, 4) is 5.75 Å². The first-order valence-corrected chi connectivity index (χ1v) is 4.38. The van der Waals surface area contributed by atoms with Crippen LogP contribution in [0.3, 0.4) is 0 Å². The molecule has 0 spiro atoms. The average Bonchev–Trinajstić information content (AvgIpc) is 2.14. The third kappa shape index (κ3) is 1.82. The zero-order chi connectivity index (χ0) is 9.97. The first-order valence-electron chi connectivity index (χ1n) is 4.38. The van der Waals surface area contributed by atoms with Gasteiger partial charge in [-0.15, -0.1) is 0 Å². The summed E-state index contributed by atoms with van der Waals surface area (Å²) in [6.45, 7) is 1.14. The van der Waals surface area contributed by atoms with Gasteiger partial charge in [-0.1, -0.05) is 0 Å². The summed E-state index contributed by atoms with van der Waals surface area (Å²) in [4.78, 5) is 16.7. The van der Waals surface area contributed by atoms with Crippen molar-refractivity contribution in [1.29, 1.82) is 0 Å². The molecule has 74 valence electrons. The van der Waals surface area contributed by atoms with E-state index in [9.17, 15) is 4.79 Å². The van der Waals surface area contributed by atoms with Crippen LogP contribution in [0.15, 0.2) is 24.5 Å². The topological polar surface area (TPSA) is 68.5 Å². The van der Waals surface area contributed by atoms with Crippen LogP contribution < -0.4 is 10.5 Å². The van der Waals surface area contributed by atoms with E-state index in [0.29, 0.717) is 18.8 Å². The number of rotatable bonds is 1. The number of carbonyl (C=O) groups excluding carboxylic acids is 1. The molecule has 2 N–H and O–H groups in total. The molecule has 0 radical (unpaired) electrons. The summed E-state index contributed by atoms with van der Waals surface area (Å²) in [5, 5.41) is 0. The van der Waals surface area contributed by atoms with Crippen LogP contribution in [0.5, 0.6) is 5.75 Å². The molecule has 0 aromatic carbocycles. The van der Waals surface area contributed by atoms with Crippen molar-refractivity contribution in [2.75, 3.05) is 13.1 Å². The molecule has 1 aromatic heterocycles. The highest BCUT2D eigenvalue weighted by Gasteiger charge is 2.28. The van der Waals surface area contributed by atoms with Gasteiger partial charge in [0.2, 0.25) is 0 Å². The first kappa shape index (κ1) is 8.96. The lowest BCUT2D eigenvalue weighted by atomic mass is 10.1. The fraction of sp³-hybridized carbons (Fsp3) is 0.333. The van der Waals surface area contributed by atoms with Gasteiger partial charge in [-0.3, -0.25) is 4.98 Å². The Labute approximate surface area is 81.5 Å². The lowest BCUT2D eigenvalue weighted by molar-refractivity contribution is 0.113. The molecule has 0 atom stereocenters. The van der Waals surface area contributed by atoms with Crippen molar-refractivity contribution < 1.29 is 9.53 Å². The van der Waals surface area contributed by atoms with Gasteiger partial charge in [0.25, 0.3) is 0 Å². The van der Waals surface area contributed by atoms with Gasteiger partial charge in [-0.25, -0.2) is 4.79 Å². The quantitative estimate of drug-likeness (QED) is 0.692. The van der Waals surface area contributed by atoms with Crippen LogP contribution >= 0.6 is 0 Å². The third-order valence-electron chi connectivity index (χ3n) is 2.01. The number of ether oxygens (including phenoxy) is 1. The van der Waals surface area contributed by atoms with Crippen LogP contribution in [-0.4, -0.2) is 35.1 Å². The standard InChI is InChI=1S/C9H11N3O2/c10-7-5-12(6-7)9(13)14-8-2-1-3-11-4-8/h1-4,7H,5-6,10H2. The first-order chi connectivity index (χ1) is 6.75. The molecule has 0 aliphatic carbocycles. The Morgan fingerprint density at radius 3 is 3.00 bits per heavy atom. The van der Waals surface area contributed by atoms with Gasteiger partial charge in [0.15, 0.2) is 5.75 Å². The van der Waals surface area contributed by atoms with E-state index in [0.717, 1.165) is 0 Å². The minimum absolute atomic E-state index is 0.0939. The van der Waals surface area contributed by atoms with Gasteiger partial charge in [0, 0.05) is 25.3 Å². The van der Waals surface area contributed by atoms with Gasteiger partial charge in [-0.2, -0.15) is 0 Å². The van der Waals surface area contributed by atoms with Crippen molar-refractivity contribution in [2.45, 2.75) is 6.04 Å². The Hall–Kier alpha value is -1.62. The molecule has 1 aromatic rings. The maximum absolute atomic E-state index is 11.4. The number of likely N-dealkylation sites (tertiary alicyclic amines) is 1. The van der Waals surface area contributed by atoms with Crippen LogP contribution in [0.2, 0.25) is 0 Å². The highest BCUT2D eigenvalue weighted by Crippen LogP contribution is 2.12. The number of aromatic nitrogens is 1. The molecule has 0 saturated carbocycles. The predicted octanol–water partition coefficient (Wildman–Crippen LogP) is 0.223. The molecule has 1 fully saturated rings. The number of amides is 1. The largest absolute Gasteiger partial charge is 0.415 e. The molecule has 1 amide bonds. The summed E-state index contributed by atoms with van der Waals surface area (Å²) in [5.74, 6) is 0.456. The van der Waals surface area contributed by atoms with Crippen molar-refractivity contribution in [1.82, 2.24) is 9.88 Å². The normalized spacial score (nSPS) is 16.2. The number of nitrogens with zero attached hydrogens (tertiary/aromatic N) is 2. The Balaban J connectivity index is 1.89. The van der Waals surface area contributed by atoms with Crippen molar-refractivity contribution in [3.63, 3.8) is 0 Å². The molecule has 5 nitrogen and oxygen atoms in total. The van der Waals surface area contributed by atoms with E-state index in [1.807, 2.05) is 0 Å². The molecule has 0 bridgehead atoms. The van der Waals surface area contributed by atoms with Crippen LogP contribution in [0.25, 0.3) is 0 Å². The molecule has 2 rings (SSSR count). The molecule has 1 saturated heterocycles. The van der Waals surface area contributed by atoms with E-state index in [2.05, 4.69) is 4.98 Å². The zero-order valence-electron chi connectivity index (χ0n) is 7.59. The number of pyridine rings is 1. The van der Waals surface area contributed by atoms with Crippen molar-refractivity contribution in [3.05, 3.63) is 24.5 Å². The van der Waals surface area contributed by atoms with Gasteiger partial charge in [0.1, 0.15) is 0 Å². The van der Waals surface area contributed by atoms with Gasteiger partial charge >= 0.3 is 6.09 Å². The number of nitrogens with two attached hydrogens (primary N) is 1. The summed E-state index contributed by atoms with van der Waals surface area (Å²) < 4.78 is 5.04. The maximum Gasteiger partial charge on any atom is 0.415 e. The van der Waals surface area contributed by atoms with E-state index in [1.165, 1.54) is 6.20 Å². The Morgan fingerprint density at radius 2 is 2.43 bits per heavy atom. The molecule has 0 unspecified atom stereocenters. The molecule has 1 aliphatic heterocycles. The lowest BCUT2D eigenvalue weighted by Gasteiger charge is -2.35. The van der Waals surface area contributed by atoms with E-state index >= 15 is 0 Å². The van der Waals surface area contributed by atoms with Crippen LogP contribution in [0.4, 0.5) is 4.79 Å². The molecular formula is C9H11N3O2. The van der Waals surface area contributed by atoms with E-state index in [4.69, 9.17) is 10.5 Å². The second kappa shape index (κ2) is 3.63. The van der Waals surface area contributed by atoms with Gasteiger partial charge in [0.05, 0.1) is 6.20 Å². The summed E-state index contributed by atoms with van der Waals surface area (Å²) >= 11 is 0. The SMILES string of the molecule is NC1CN(C(=O)Oc2cccnc2)C1. The summed E-state index contributed by atoms with van der Waals surface area (Å²) in [7, 11) is 0. The van der Waals surface area contributed by atoms with E-state index in [1.54, 1.807) is 23.2 Å². The zero-order valence-corrected chi connectivity index (χ0v) is 7.59. The Morgan fingerprint density at radius 1 is 1.64 bits per heavy atom. The molecule has 5 heteroatoms. The average molecular weight is 193 g/mol. The predicted molar refractivity (Wildman–Crippen MR) is 49.8 cm³/mol. The second-order valence-corrected chi connectivity index (χ2v) is 3.22. The number of hydrogen-bond acceptors (Lipinski definition) is 4. The fourth-order valence-electron chi connectivity index (χ4n) is 1.23. The highest BCUT2D eigenvalue weighted by molar-refractivity contribution is 5.71. The van der Waals surface area contributed by atoms with Crippen LogP contribution in [0, 0.1) is 0 Å². The lowest BCUT2D eigenvalue weighted by Crippen LogP contribution is -2.58. The monoisotopic (exact) mass is 193 g/mol. The van der Waals surface area contributed by atoms with Gasteiger partial charge in [-0.05, 0) is 12.1 Å². The van der Waals surface area contributed by atoms with Crippen molar-refractivity contribution in [2.24, 2.45) is 5.73 Å². The molecule has 1 aliphatic rings. The Bertz CT molecular complexity index is 322. The van der Waals surface area contributed by atoms with E-state index < -0.39 is 0 Å². The number of hydrogen-bond donors (Lipinski definition) is 1. The third-order valence-corrected chi connectivity index (χ3v) is 2.01. The maximum atomic E-state index is 11.4. The molecular weight excluding hydrogens is 182 g/mol. The van der Waals surface area contributed by atoms with Crippen LogP contribution in [0.1, 0.15) is 0 Å². The van der Waals surface area contributed by atoms with Crippen LogP contribution in [-0.2, 0) is 0 Å². The van der Waals surface area contributed by atoms with Gasteiger partial charge < -0.3 is 15.4 Å². The Kier molecular flexibility index (Phi) is 2.32. The number of carbonyl (C=O) groups is 1. The van der Waals surface area contributed by atoms with Crippen molar-refractivity contribution >= 4 is 6.09 Å². The minimum Gasteiger partial charge on any atom is -0.409 e. The highest BCUT2D eigenvalue weighted by atomic mass is 16.6. The smallest absolute Gasteiger partial charge is 0.409 e. The fourth-order valence-corrected chi connectivity index (χ4v) is 1.23. The molecule has 14 heavy (non-hydrogen) atoms.